The van der Waals surface area contributed by atoms with Gasteiger partial charge in [-0.2, -0.15) is 0 Å². The van der Waals surface area contributed by atoms with E-state index >= 15 is 0 Å². The summed E-state index contributed by atoms with van der Waals surface area (Å²) in [5, 5.41) is 0. The van der Waals surface area contributed by atoms with Crippen molar-refractivity contribution in [3.05, 3.63) is 24.3 Å². The highest BCUT2D eigenvalue weighted by atomic mass is 16.5. The Balaban J connectivity index is 1.90. The molecule has 5 nitrogen and oxygen atoms in total. The lowest BCUT2D eigenvalue weighted by atomic mass is 9.99. The van der Waals surface area contributed by atoms with Gasteiger partial charge in [0.15, 0.2) is 0 Å². The summed E-state index contributed by atoms with van der Waals surface area (Å²) >= 11 is 0. The van der Waals surface area contributed by atoms with Gasteiger partial charge in [0.1, 0.15) is 12.3 Å². The van der Waals surface area contributed by atoms with Gasteiger partial charge >= 0.3 is 0 Å². The molecule has 0 saturated carbocycles. The molecule has 0 radical (unpaired) electrons. The minimum absolute atomic E-state index is 0.0604. The first-order chi connectivity index (χ1) is 9.31. The Bertz CT molecular complexity index is 456. The van der Waals surface area contributed by atoms with Crippen LogP contribution in [0.25, 0.3) is 0 Å². The predicted molar refractivity (Wildman–Crippen MR) is 70.3 cm³/mol. The van der Waals surface area contributed by atoms with E-state index in [1.165, 1.54) is 12.4 Å². The Morgan fingerprint density at radius 3 is 3.21 bits per heavy atom. The number of ether oxygens (including phenoxy) is 1. The molecule has 0 spiro atoms. The number of terminal acetylenes is 1. The van der Waals surface area contributed by atoms with Gasteiger partial charge in [-0.25, -0.2) is 4.98 Å². The molecule has 1 aliphatic heterocycles. The monoisotopic (exact) mass is 259 g/mol. The van der Waals surface area contributed by atoms with Gasteiger partial charge in [-0.3, -0.25) is 9.78 Å². The summed E-state index contributed by atoms with van der Waals surface area (Å²) in [5.74, 6) is 2.74. The van der Waals surface area contributed by atoms with Gasteiger partial charge in [-0.05, 0) is 12.8 Å². The maximum atomic E-state index is 12.2. The van der Waals surface area contributed by atoms with E-state index in [0.29, 0.717) is 31.4 Å². The summed E-state index contributed by atoms with van der Waals surface area (Å²) in [4.78, 5) is 22.0. The number of piperidine rings is 1. The number of carbonyl (C=O) groups excluding carboxylic acids is 1. The normalized spacial score (nSPS) is 18.9. The van der Waals surface area contributed by atoms with Crippen LogP contribution in [0.3, 0.4) is 0 Å². The van der Waals surface area contributed by atoms with Crippen molar-refractivity contribution in [1.29, 1.82) is 0 Å². The zero-order valence-corrected chi connectivity index (χ0v) is 10.8. The van der Waals surface area contributed by atoms with Gasteiger partial charge in [-0.15, -0.1) is 6.42 Å². The molecule has 1 fully saturated rings. The fourth-order valence-corrected chi connectivity index (χ4v) is 2.24. The van der Waals surface area contributed by atoms with Crippen LogP contribution in [0, 0.1) is 18.3 Å². The molecule has 1 saturated heterocycles. The van der Waals surface area contributed by atoms with Crippen molar-refractivity contribution >= 4 is 5.91 Å². The highest BCUT2D eigenvalue weighted by molar-refractivity contribution is 5.92. The Morgan fingerprint density at radius 2 is 2.47 bits per heavy atom. The third-order valence-corrected chi connectivity index (χ3v) is 3.13. The van der Waals surface area contributed by atoms with Crippen LogP contribution in [0.15, 0.2) is 18.6 Å². The number of carbonyl (C=O) groups is 1. The summed E-state index contributed by atoms with van der Waals surface area (Å²) < 4.78 is 5.35. The Kier molecular flexibility index (Phi) is 4.87. The number of hydrogen-bond acceptors (Lipinski definition) is 4. The topological polar surface area (TPSA) is 55.3 Å². The zero-order chi connectivity index (χ0) is 13.5. The summed E-state index contributed by atoms with van der Waals surface area (Å²) in [6.45, 7) is 2.39. The van der Waals surface area contributed by atoms with Crippen LogP contribution in [0.2, 0.25) is 0 Å². The second kappa shape index (κ2) is 6.86. The Labute approximate surface area is 113 Å². The van der Waals surface area contributed by atoms with Gasteiger partial charge in [-0.1, -0.05) is 5.92 Å². The molecular formula is C14H17N3O2. The zero-order valence-electron chi connectivity index (χ0n) is 10.8. The second-order valence-corrected chi connectivity index (χ2v) is 4.57. The number of amides is 1. The quantitative estimate of drug-likeness (QED) is 0.597. The van der Waals surface area contributed by atoms with E-state index in [4.69, 9.17) is 11.2 Å². The summed E-state index contributed by atoms with van der Waals surface area (Å²) in [5.41, 5.74) is 0.396. The third kappa shape index (κ3) is 3.76. The lowest BCUT2D eigenvalue weighted by molar-refractivity contribution is 0.0529. The largest absolute Gasteiger partial charge is 0.368 e. The molecule has 1 aromatic heterocycles. The van der Waals surface area contributed by atoms with Crippen LogP contribution >= 0.6 is 0 Å². The SMILES string of the molecule is C#CCOC[C@H]1CCCN(C(=O)c2cnccn2)C1. The maximum absolute atomic E-state index is 12.2. The molecule has 0 unspecified atom stereocenters. The van der Waals surface area contributed by atoms with Crippen molar-refractivity contribution in [1.82, 2.24) is 14.9 Å². The molecule has 1 aromatic rings. The first kappa shape index (κ1) is 13.5. The van der Waals surface area contributed by atoms with Gasteiger partial charge in [0.2, 0.25) is 0 Å². The predicted octanol–water partition coefficient (Wildman–Crippen LogP) is 0.979. The average molecular weight is 259 g/mol. The van der Waals surface area contributed by atoms with Crippen LogP contribution in [0.4, 0.5) is 0 Å². The number of rotatable bonds is 4. The molecular weight excluding hydrogens is 242 g/mol. The van der Waals surface area contributed by atoms with Crippen LogP contribution in [-0.4, -0.2) is 47.1 Å². The first-order valence-electron chi connectivity index (χ1n) is 6.37. The molecule has 2 heterocycles. The summed E-state index contributed by atoms with van der Waals surface area (Å²) in [7, 11) is 0. The van der Waals surface area contributed by atoms with Gasteiger partial charge < -0.3 is 9.64 Å². The van der Waals surface area contributed by atoms with E-state index in [2.05, 4.69) is 15.9 Å². The van der Waals surface area contributed by atoms with E-state index in [1.54, 1.807) is 6.20 Å². The molecule has 0 N–H and O–H groups in total. The van der Waals surface area contributed by atoms with Crippen LogP contribution in [0.1, 0.15) is 23.3 Å². The first-order valence-corrected chi connectivity index (χ1v) is 6.37. The number of nitrogens with zero attached hydrogens (tertiary/aromatic N) is 3. The molecule has 5 heteroatoms. The van der Waals surface area contributed by atoms with E-state index in [9.17, 15) is 4.79 Å². The molecule has 1 amide bonds. The van der Waals surface area contributed by atoms with Gasteiger partial charge in [0.05, 0.1) is 12.8 Å². The fraction of sp³-hybridized carbons (Fsp3) is 0.500. The standard InChI is InChI=1S/C14H17N3O2/c1-2-8-19-11-12-4-3-7-17(10-12)14(18)13-9-15-5-6-16-13/h1,5-6,9,12H,3-4,7-8,10-11H2/t12-/m0/s1. The molecule has 0 aromatic carbocycles. The molecule has 2 rings (SSSR count). The lowest BCUT2D eigenvalue weighted by Crippen LogP contribution is -2.41. The third-order valence-electron chi connectivity index (χ3n) is 3.13. The Morgan fingerprint density at radius 1 is 1.58 bits per heavy atom. The van der Waals surface area contributed by atoms with Crippen LogP contribution in [0.5, 0.6) is 0 Å². The van der Waals surface area contributed by atoms with Crippen molar-refractivity contribution < 1.29 is 9.53 Å². The van der Waals surface area contributed by atoms with Crippen molar-refractivity contribution in [2.24, 2.45) is 5.92 Å². The van der Waals surface area contributed by atoms with Gasteiger partial charge in [0.25, 0.3) is 5.91 Å². The van der Waals surface area contributed by atoms with Crippen LogP contribution < -0.4 is 0 Å². The minimum Gasteiger partial charge on any atom is -0.368 e. The number of likely N-dealkylation sites (tertiary alicyclic amines) is 1. The molecule has 100 valence electrons. The van der Waals surface area contributed by atoms with E-state index in [1.807, 2.05) is 4.90 Å². The van der Waals surface area contributed by atoms with Crippen molar-refractivity contribution in [3.8, 4) is 12.3 Å². The molecule has 1 atom stereocenters. The van der Waals surface area contributed by atoms with Crippen molar-refractivity contribution in [2.45, 2.75) is 12.8 Å². The van der Waals surface area contributed by atoms with Crippen molar-refractivity contribution in [2.75, 3.05) is 26.3 Å². The number of hydrogen-bond donors (Lipinski definition) is 0. The minimum atomic E-state index is -0.0604. The average Bonchev–Trinajstić information content (AvgIpc) is 2.48. The van der Waals surface area contributed by atoms with Crippen LogP contribution in [-0.2, 0) is 4.74 Å². The molecule has 0 bridgehead atoms. The van der Waals surface area contributed by atoms with E-state index in [0.717, 1.165) is 19.4 Å². The molecule has 0 aliphatic carbocycles. The summed E-state index contributed by atoms with van der Waals surface area (Å²) in [6.07, 6.45) is 11.8. The van der Waals surface area contributed by atoms with Gasteiger partial charge in [0, 0.05) is 31.4 Å². The highest BCUT2D eigenvalue weighted by Crippen LogP contribution is 2.18. The maximum Gasteiger partial charge on any atom is 0.274 e. The fourth-order valence-electron chi connectivity index (χ4n) is 2.24. The van der Waals surface area contributed by atoms with E-state index < -0.39 is 0 Å². The summed E-state index contributed by atoms with van der Waals surface area (Å²) in [6, 6.07) is 0. The molecule has 19 heavy (non-hydrogen) atoms. The van der Waals surface area contributed by atoms with E-state index in [-0.39, 0.29) is 5.91 Å². The highest BCUT2D eigenvalue weighted by Gasteiger charge is 2.25. The lowest BCUT2D eigenvalue weighted by Gasteiger charge is -2.32. The molecule has 1 aliphatic rings. The smallest absolute Gasteiger partial charge is 0.274 e. The number of aromatic nitrogens is 2. The second-order valence-electron chi connectivity index (χ2n) is 4.57. The Hall–Kier alpha value is -1.93. The van der Waals surface area contributed by atoms with Crippen molar-refractivity contribution in [3.63, 3.8) is 0 Å².